The van der Waals surface area contributed by atoms with Crippen LogP contribution in [0.5, 0.6) is 0 Å². The number of nitrogens with zero attached hydrogens (tertiary/aromatic N) is 3. The summed E-state index contributed by atoms with van der Waals surface area (Å²) in [5, 5.41) is 7.41. The van der Waals surface area contributed by atoms with Crippen LogP contribution in [0.3, 0.4) is 0 Å². The van der Waals surface area contributed by atoms with Gasteiger partial charge in [-0.3, -0.25) is 9.69 Å². The molecular formula is C20H26N4O5S. The smallest absolute Gasteiger partial charge is 0.240 e. The third kappa shape index (κ3) is 6.77. The average molecular weight is 435 g/mol. The Kier molecular flexibility index (Phi) is 7.75. The molecule has 162 valence electrons. The highest BCUT2D eigenvalue weighted by molar-refractivity contribution is 7.92. The lowest BCUT2D eigenvalue weighted by Crippen LogP contribution is -2.44. The first-order valence-electron chi connectivity index (χ1n) is 9.69. The molecule has 1 aromatic carbocycles. The lowest BCUT2D eigenvalue weighted by molar-refractivity contribution is -0.116. The van der Waals surface area contributed by atoms with Gasteiger partial charge in [0.1, 0.15) is 5.76 Å². The highest BCUT2D eigenvalue weighted by atomic mass is 32.2. The van der Waals surface area contributed by atoms with E-state index in [9.17, 15) is 13.2 Å². The van der Waals surface area contributed by atoms with E-state index in [1.54, 1.807) is 13.0 Å². The number of sulfonamides is 1. The molecular weight excluding hydrogens is 408 g/mol. The van der Waals surface area contributed by atoms with Crippen LogP contribution in [-0.4, -0.2) is 74.6 Å². The minimum absolute atomic E-state index is 0.187. The molecule has 0 saturated carbocycles. The minimum atomic E-state index is -3.81. The van der Waals surface area contributed by atoms with E-state index < -0.39 is 15.9 Å². The second kappa shape index (κ2) is 10.5. The van der Waals surface area contributed by atoms with Crippen molar-refractivity contribution in [2.45, 2.75) is 6.92 Å². The van der Waals surface area contributed by atoms with Crippen LogP contribution in [0.2, 0.25) is 0 Å². The topological polar surface area (TPSA) is 105 Å². The molecule has 1 aliphatic rings. The maximum Gasteiger partial charge on any atom is 0.240 e. The summed E-state index contributed by atoms with van der Waals surface area (Å²) in [5.74, 6) is 0.317. The SMILES string of the molecule is Cc1cc(NC(=O)CN(CCN2CCOCC2)S(=O)(=O)C=Cc2ccccc2)no1. The summed E-state index contributed by atoms with van der Waals surface area (Å²) < 4.78 is 37.3. The van der Waals surface area contributed by atoms with Gasteiger partial charge in [-0.15, -0.1) is 0 Å². The number of carbonyl (C=O) groups is 1. The fraction of sp³-hybridized carbons (Fsp3) is 0.400. The molecule has 30 heavy (non-hydrogen) atoms. The summed E-state index contributed by atoms with van der Waals surface area (Å²) in [6.07, 6.45) is 1.52. The van der Waals surface area contributed by atoms with Crippen molar-refractivity contribution in [3.8, 4) is 0 Å². The van der Waals surface area contributed by atoms with E-state index in [4.69, 9.17) is 9.26 Å². The number of ether oxygens (including phenoxy) is 1. The molecule has 2 aromatic rings. The third-order valence-electron chi connectivity index (χ3n) is 4.58. The third-order valence-corrected chi connectivity index (χ3v) is 6.09. The van der Waals surface area contributed by atoms with Gasteiger partial charge < -0.3 is 14.6 Å². The Morgan fingerprint density at radius 2 is 2.00 bits per heavy atom. The number of anilines is 1. The maximum atomic E-state index is 13.0. The number of rotatable bonds is 9. The highest BCUT2D eigenvalue weighted by Crippen LogP contribution is 2.11. The van der Waals surface area contributed by atoms with Crippen LogP contribution < -0.4 is 5.32 Å². The molecule has 3 rings (SSSR count). The van der Waals surface area contributed by atoms with Crippen molar-refractivity contribution < 1.29 is 22.5 Å². The van der Waals surface area contributed by atoms with Gasteiger partial charge in [-0.25, -0.2) is 8.42 Å². The van der Waals surface area contributed by atoms with Gasteiger partial charge in [0.05, 0.1) is 19.8 Å². The summed E-state index contributed by atoms with van der Waals surface area (Å²) in [5.41, 5.74) is 0.761. The van der Waals surface area contributed by atoms with Crippen LogP contribution in [0.15, 0.2) is 46.3 Å². The first-order chi connectivity index (χ1) is 14.4. The van der Waals surface area contributed by atoms with Gasteiger partial charge in [-0.2, -0.15) is 4.31 Å². The second-order valence-corrected chi connectivity index (χ2v) is 8.74. The summed E-state index contributed by atoms with van der Waals surface area (Å²) >= 11 is 0. The zero-order valence-electron chi connectivity index (χ0n) is 16.9. The number of benzene rings is 1. The van der Waals surface area contributed by atoms with Crippen molar-refractivity contribution in [3.63, 3.8) is 0 Å². The molecule has 1 saturated heterocycles. The summed E-state index contributed by atoms with van der Waals surface area (Å²) in [4.78, 5) is 14.6. The highest BCUT2D eigenvalue weighted by Gasteiger charge is 2.24. The normalized spacial score (nSPS) is 15.7. The van der Waals surface area contributed by atoms with Gasteiger partial charge in [0.2, 0.25) is 15.9 Å². The Hall–Kier alpha value is -2.53. The fourth-order valence-corrected chi connectivity index (χ4v) is 4.09. The molecule has 1 aliphatic heterocycles. The fourth-order valence-electron chi connectivity index (χ4n) is 2.96. The maximum absolute atomic E-state index is 13.0. The van der Waals surface area contributed by atoms with Crippen LogP contribution in [0.25, 0.3) is 6.08 Å². The Bertz CT molecular complexity index is 953. The van der Waals surface area contributed by atoms with E-state index in [0.717, 1.165) is 24.1 Å². The quantitative estimate of drug-likeness (QED) is 0.638. The first-order valence-corrected chi connectivity index (χ1v) is 11.2. The predicted molar refractivity (Wildman–Crippen MR) is 113 cm³/mol. The average Bonchev–Trinajstić information content (AvgIpc) is 3.15. The molecule has 0 atom stereocenters. The molecule has 1 N–H and O–H groups in total. The Morgan fingerprint density at radius 3 is 2.67 bits per heavy atom. The first kappa shape index (κ1) is 22.2. The standard InChI is InChI=1S/C20H26N4O5S/c1-17-15-19(22-29-17)21-20(25)16-24(9-8-23-10-12-28-13-11-23)30(26,27)14-7-18-5-3-2-4-6-18/h2-7,14-15H,8-13,16H2,1H3,(H,21,22,25). The van der Waals surface area contributed by atoms with E-state index in [-0.39, 0.29) is 18.9 Å². The predicted octanol–water partition coefficient (Wildman–Crippen LogP) is 1.56. The van der Waals surface area contributed by atoms with Gasteiger partial charge in [-0.05, 0) is 18.6 Å². The van der Waals surface area contributed by atoms with Crippen LogP contribution in [0, 0.1) is 6.92 Å². The molecule has 1 fully saturated rings. The molecule has 9 nitrogen and oxygen atoms in total. The molecule has 0 unspecified atom stereocenters. The molecule has 0 radical (unpaired) electrons. The minimum Gasteiger partial charge on any atom is -0.379 e. The summed E-state index contributed by atoms with van der Waals surface area (Å²) in [6.45, 7) is 4.79. The molecule has 0 bridgehead atoms. The molecule has 0 aliphatic carbocycles. The monoisotopic (exact) mass is 434 g/mol. The molecule has 2 heterocycles. The number of hydrogen-bond donors (Lipinski definition) is 1. The van der Waals surface area contributed by atoms with Gasteiger partial charge >= 0.3 is 0 Å². The van der Waals surface area contributed by atoms with E-state index in [1.807, 2.05) is 30.3 Å². The van der Waals surface area contributed by atoms with Crippen molar-refractivity contribution in [1.82, 2.24) is 14.4 Å². The zero-order chi connectivity index (χ0) is 21.4. The lowest BCUT2D eigenvalue weighted by atomic mass is 10.2. The number of aromatic nitrogens is 1. The van der Waals surface area contributed by atoms with Crippen LogP contribution in [0.4, 0.5) is 5.82 Å². The zero-order valence-corrected chi connectivity index (χ0v) is 17.7. The summed E-state index contributed by atoms with van der Waals surface area (Å²) in [7, 11) is -3.81. The van der Waals surface area contributed by atoms with Gasteiger partial charge in [-0.1, -0.05) is 35.5 Å². The number of amides is 1. The molecule has 1 aromatic heterocycles. The van der Waals surface area contributed by atoms with Crippen molar-refractivity contribution in [1.29, 1.82) is 0 Å². The van der Waals surface area contributed by atoms with Crippen molar-refractivity contribution in [2.75, 3.05) is 51.3 Å². The largest absolute Gasteiger partial charge is 0.379 e. The lowest BCUT2D eigenvalue weighted by Gasteiger charge is -2.29. The number of morpholine rings is 1. The second-order valence-electron chi connectivity index (χ2n) is 6.92. The van der Waals surface area contributed by atoms with E-state index in [2.05, 4.69) is 15.4 Å². The van der Waals surface area contributed by atoms with Crippen LogP contribution in [0.1, 0.15) is 11.3 Å². The number of nitrogens with one attached hydrogen (secondary N) is 1. The van der Waals surface area contributed by atoms with E-state index in [1.165, 1.54) is 10.4 Å². The van der Waals surface area contributed by atoms with Gasteiger partial charge in [0, 0.05) is 37.7 Å². The molecule has 1 amide bonds. The number of carbonyl (C=O) groups excluding carboxylic acids is 1. The van der Waals surface area contributed by atoms with E-state index in [0.29, 0.717) is 25.5 Å². The van der Waals surface area contributed by atoms with Gasteiger partial charge in [0.15, 0.2) is 5.82 Å². The van der Waals surface area contributed by atoms with Crippen LogP contribution >= 0.6 is 0 Å². The van der Waals surface area contributed by atoms with Crippen LogP contribution in [-0.2, 0) is 19.6 Å². The summed E-state index contributed by atoms with van der Waals surface area (Å²) in [6, 6.07) is 10.7. The molecule has 10 heteroatoms. The number of aryl methyl sites for hydroxylation is 1. The van der Waals surface area contributed by atoms with E-state index >= 15 is 0 Å². The van der Waals surface area contributed by atoms with Crippen molar-refractivity contribution in [2.24, 2.45) is 0 Å². The molecule has 0 spiro atoms. The number of hydrogen-bond acceptors (Lipinski definition) is 7. The Balaban J connectivity index is 1.69. The van der Waals surface area contributed by atoms with Crippen molar-refractivity contribution in [3.05, 3.63) is 53.1 Å². The Labute approximate surface area is 176 Å². The van der Waals surface area contributed by atoms with Crippen molar-refractivity contribution >= 4 is 27.8 Å². The Morgan fingerprint density at radius 1 is 1.27 bits per heavy atom. The van der Waals surface area contributed by atoms with Gasteiger partial charge in [0.25, 0.3) is 0 Å².